The number of rotatable bonds is 8. The minimum atomic E-state index is -3.30. The first-order chi connectivity index (χ1) is 9.09. The van der Waals surface area contributed by atoms with Crippen molar-refractivity contribution in [2.24, 2.45) is 0 Å². The van der Waals surface area contributed by atoms with E-state index in [9.17, 15) is 8.42 Å². The van der Waals surface area contributed by atoms with E-state index < -0.39 is 10.0 Å². The van der Waals surface area contributed by atoms with Crippen LogP contribution in [0.1, 0.15) is 37.5 Å². The molecule has 0 amide bonds. The van der Waals surface area contributed by atoms with Gasteiger partial charge in [-0.1, -0.05) is 13.3 Å². The first-order valence-corrected chi connectivity index (χ1v) is 9.55. The van der Waals surface area contributed by atoms with E-state index in [0.29, 0.717) is 16.6 Å². The number of sulfonamides is 1. The Kier molecular flexibility index (Phi) is 5.29. The van der Waals surface area contributed by atoms with Gasteiger partial charge in [-0.25, -0.2) is 8.42 Å². The summed E-state index contributed by atoms with van der Waals surface area (Å²) in [7, 11) is -3.30. The maximum absolute atomic E-state index is 12.6. The summed E-state index contributed by atoms with van der Waals surface area (Å²) in [6.45, 7) is 2.73. The fraction of sp³-hybridized carbons (Fsp3) is 0.692. The normalized spacial score (nSPS) is 16.2. The van der Waals surface area contributed by atoms with Gasteiger partial charge in [-0.3, -0.25) is 0 Å². The highest BCUT2D eigenvalue weighted by molar-refractivity contribution is 7.91. The second-order valence-corrected chi connectivity index (χ2v) is 8.52. The third-order valence-electron chi connectivity index (χ3n) is 3.23. The summed E-state index contributed by atoms with van der Waals surface area (Å²) in [6.07, 6.45) is 4.68. The number of aryl methyl sites for hydroxylation is 1. The van der Waals surface area contributed by atoms with E-state index in [4.69, 9.17) is 11.6 Å². The second kappa shape index (κ2) is 6.57. The van der Waals surface area contributed by atoms with Crippen LogP contribution in [0, 0.1) is 0 Å². The Labute approximate surface area is 124 Å². The van der Waals surface area contributed by atoms with Gasteiger partial charge in [-0.15, -0.1) is 22.9 Å². The van der Waals surface area contributed by atoms with Crippen molar-refractivity contribution in [3.8, 4) is 0 Å². The quantitative estimate of drug-likeness (QED) is 0.687. The van der Waals surface area contributed by atoms with Gasteiger partial charge in [0.1, 0.15) is 4.21 Å². The summed E-state index contributed by atoms with van der Waals surface area (Å²) in [6, 6.07) is 3.84. The van der Waals surface area contributed by atoms with Gasteiger partial charge in [0.2, 0.25) is 0 Å². The zero-order valence-electron chi connectivity index (χ0n) is 11.1. The lowest BCUT2D eigenvalue weighted by Crippen LogP contribution is -2.33. The highest BCUT2D eigenvalue weighted by atomic mass is 35.5. The third kappa shape index (κ3) is 3.72. The van der Waals surface area contributed by atoms with Gasteiger partial charge < -0.3 is 0 Å². The molecule has 108 valence electrons. The number of halogens is 1. The fourth-order valence-electron chi connectivity index (χ4n) is 2.02. The van der Waals surface area contributed by atoms with Gasteiger partial charge in [0.05, 0.1) is 0 Å². The van der Waals surface area contributed by atoms with Crippen LogP contribution in [0.5, 0.6) is 0 Å². The molecule has 2 rings (SSSR count). The van der Waals surface area contributed by atoms with Gasteiger partial charge in [-0.2, -0.15) is 4.31 Å². The van der Waals surface area contributed by atoms with Gasteiger partial charge in [-0.05, 0) is 37.8 Å². The number of hydrogen-bond acceptors (Lipinski definition) is 3. The number of thiophene rings is 1. The zero-order chi connectivity index (χ0) is 13.9. The standard InChI is InChI=1S/C13H20ClNO2S2/c1-2-3-10-15(11-4-5-11)19(16,17)13-7-6-12(18-13)8-9-14/h6-7,11H,2-5,8-10H2,1H3. The molecule has 1 aromatic heterocycles. The molecule has 0 aliphatic heterocycles. The predicted molar refractivity (Wildman–Crippen MR) is 80.6 cm³/mol. The van der Waals surface area contributed by atoms with E-state index >= 15 is 0 Å². The molecule has 0 bridgehead atoms. The lowest BCUT2D eigenvalue weighted by atomic mass is 10.3. The topological polar surface area (TPSA) is 37.4 Å². The Bertz CT molecular complexity index is 508. The summed E-state index contributed by atoms with van der Waals surface area (Å²) >= 11 is 7.06. The maximum atomic E-state index is 12.6. The molecule has 0 radical (unpaired) electrons. The number of hydrogen-bond donors (Lipinski definition) is 0. The molecule has 3 nitrogen and oxygen atoms in total. The first-order valence-electron chi connectivity index (χ1n) is 6.76. The van der Waals surface area contributed by atoms with Crippen molar-refractivity contribution < 1.29 is 8.42 Å². The Morgan fingerprint density at radius 3 is 2.74 bits per heavy atom. The van der Waals surface area contributed by atoms with Gasteiger partial charge in [0, 0.05) is 23.3 Å². The van der Waals surface area contributed by atoms with Crippen LogP contribution in [0.15, 0.2) is 16.3 Å². The van der Waals surface area contributed by atoms with Crippen molar-refractivity contribution >= 4 is 33.0 Å². The average molecular weight is 322 g/mol. The molecule has 0 aromatic carbocycles. The van der Waals surface area contributed by atoms with Crippen molar-refractivity contribution in [2.45, 2.75) is 49.3 Å². The summed E-state index contributed by atoms with van der Waals surface area (Å²) in [4.78, 5) is 1.04. The Morgan fingerprint density at radius 1 is 1.42 bits per heavy atom. The van der Waals surface area contributed by atoms with Gasteiger partial charge >= 0.3 is 0 Å². The molecule has 0 saturated heterocycles. The number of alkyl halides is 1. The smallest absolute Gasteiger partial charge is 0.206 e. The van der Waals surface area contributed by atoms with Gasteiger partial charge in [0.25, 0.3) is 10.0 Å². The molecule has 1 fully saturated rings. The maximum Gasteiger partial charge on any atom is 0.252 e. The SMILES string of the molecule is CCCCN(C1CC1)S(=O)(=O)c1ccc(CCCl)s1. The molecule has 1 aliphatic carbocycles. The molecule has 1 heterocycles. The summed E-state index contributed by atoms with van der Waals surface area (Å²) in [5.41, 5.74) is 0. The molecule has 0 N–H and O–H groups in total. The van der Waals surface area contributed by atoms with E-state index in [2.05, 4.69) is 6.92 Å². The van der Waals surface area contributed by atoms with E-state index in [0.717, 1.165) is 37.0 Å². The minimum absolute atomic E-state index is 0.232. The predicted octanol–water partition coefficient (Wildman–Crippen LogP) is 3.48. The lowest BCUT2D eigenvalue weighted by Gasteiger charge is -2.20. The van der Waals surface area contributed by atoms with E-state index in [-0.39, 0.29) is 6.04 Å². The Hall–Kier alpha value is -0.100. The number of unbranched alkanes of at least 4 members (excludes halogenated alkanes) is 1. The summed E-state index contributed by atoms with van der Waals surface area (Å²) in [5, 5.41) is 0. The molecule has 1 aromatic rings. The molecule has 1 aliphatic rings. The Balaban J connectivity index is 2.17. The van der Waals surface area contributed by atoms with Crippen LogP contribution in [0.25, 0.3) is 0 Å². The van der Waals surface area contributed by atoms with Crippen LogP contribution in [0.3, 0.4) is 0 Å². The first kappa shape index (κ1) is 15.3. The molecule has 19 heavy (non-hydrogen) atoms. The van der Waals surface area contributed by atoms with Crippen molar-refractivity contribution in [2.75, 3.05) is 12.4 Å². The molecule has 0 spiro atoms. The van der Waals surface area contributed by atoms with E-state index in [1.807, 2.05) is 6.07 Å². The van der Waals surface area contributed by atoms with E-state index in [1.54, 1.807) is 10.4 Å². The molecule has 6 heteroatoms. The molecular weight excluding hydrogens is 302 g/mol. The Morgan fingerprint density at radius 2 is 2.16 bits per heavy atom. The monoisotopic (exact) mass is 321 g/mol. The molecule has 0 atom stereocenters. The average Bonchev–Trinajstić information content (AvgIpc) is 3.08. The van der Waals surface area contributed by atoms with Crippen molar-refractivity contribution in [3.63, 3.8) is 0 Å². The van der Waals surface area contributed by atoms with Crippen molar-refractivity contribution in [1.29, 1.82) is 0 Å². The lowest BCUT2D eigenvalue weighted by molar-refractivity contribution is 0.397. The van der Waals surface area contributed by atoms with Crippen LogP contribution in [0.4, 0.5) is 0 Å². The van der Waals surface area contributed by atoms with Gasteiger partial charge in [0.15, 0.2) is 0 Å². The highest BCUT2D eigenvalue weighted by Gasteiger charge is 2.38. The minimum Gasteiger partial charge on any atom is -0.206 e. The van der Waals surface area contributed by atoms with Crippen LogP contribution >= 0.6 is 22.9 Å². The van der Waals surface area contributed by atoms with Crippen LogP contribution in [-0.2, 0) is 16.4 Å². The van der Waals surface area contributed by atoms with Crippen LogP contribution < -0.4 is 0 Å². The molecule has 0 unspecified atom stereocenters. The second-order valence-electron chi connectivity index (χ2n) is 4.86. The number of nitrogens with zero attached hydrogens (tertiary/aromatic N) is 1. The van der Waals surface area contributed by atoms with Crippen molar-refractivity contribution in [1.82, 2.24) is 4.31 Å². The summed E-state index contributed by atoms with van der Waals surface area (Å²) < 4.78 is 27.5. The molecule has 1 saturated carbocycles. The zero-order valence-corrected chi connectivity index (χ0v) is 13.5. The van der Waals surface area contributed by atoms with Crippen molar-refractivity contribution in [3.05, 3.63) is 17.0 Å². The van der Waals surface area contributed by atoms with Crippen LogP contribution in [-0.4, -0.2) is 31.2 Å². The van der Waals surface area contributed by atoms with Crippen LogP contribution in [0.2, 0.25) is 0 Å². The third-order valence-corrected chi connectivity index (χ3v) is 6.98. The molecular formula is C13H20ClNO2S2. The fourth-order valence-corrected chi connectivity index (χ4v) is 5.54. The largest absolute Gasteiger partial charge is 0.252 e. The highest BCUT2D eigenvalue weighted by Crippen LogP contribution is 2.34. The summed E-state index contributed by atoms with van der Waals surface area (Å²) in [5.74, 6) is 0.530. The van der Waals surface area contributed by atoms with E-state index in [1.165, 1.54) is 11.3 Å².